The molecule has 38 heavy (non-hydrogen) atoms. The second-order valence-electron chi connectivity index (χ2n) is 8.92. The van der Waals surface area contributed by atoms with Gasteiger partial charge in [-0.2, -0.15) is 0 Å². The summed E-state index contributed by atoms with van der Waals surface area (Å²) >= 11 is 0. The molecule has 2 heterocycles. The number of rotatable bonds is 15. The van der Waals surface area contributed by atoms with Gasteiger partial charge in [0.2, 0.25) is 0 Å². The minimum Gasteiger partial charge on any atom is -0.489 e. The van der Waals surface area contributed by atoms with Crippen molar-refractivity contribution < 1.29 is 32.5 Å². The van der Waals surface area contributed by atoms with E-state index in [4.69, 9.17) is 19.2 Å². The molecule has 1 aliphatic rings. The Morgan fingerprint density at radius 1 is 0.974 bits per heavy atom. The van der Waals surface area contributed by atoms with E-state index in [1.807, 2.05) is 42.2 Å². The van der Waals surface area contributed by atoms with Crippen molar-refractivity contribution in [2.75, 3.05) is 63.2 Å². The van der Waals surface area contributed by atoms with Gasteiger partial charge in [-0.25, -0.2) is 18.2 Å². The van der Waals surface area contributed by atoms with Gasteiger partial charge in [0.05, 0.1) is 25.3 Å². The number of nitrogens with one attached hydrogen (secondary N) is 1. The number of aromatic nitrogens is 1. The molecule has 10 heteroatoms. The molecule has 1 aromatic heterocycles. The summed E-state index contributed by atoms with van der Waals surface area (Å²) in [5, 5.41) is 13.3. The number of aryl methyl sites for hydroxylation is 1. The zero-order valence-corrected chi connectivity index (χ0v) is 21.5. The number of unbranched alkanes of at least 4 members (excludes halogenated alkanes) is 1. The lowest BCUT2D eigenvalue weighted by Crippen LogP contribution is -2.50. The number of benzene rings is 2. The van der Waals surface area contributed by atoms with E-state index in [0.717, 1.165) is 16.8 Å². The first-order valence-corrected chi connectivity index (χ1v) is 12.8. The summed E-state index contributed by atoms with van der Waals surface area (Å²) in [5.74, 6) is -0.576. The fraction of sp³-hybridized carbons (Fsp3) is 0.464. The van der Waals surface area contributed by atoms with Crippen LogP contribution in [0.3, 0.4) is 0 Å². The first-order chi connectivity index (χ1) is 18.6. The minimum absolute atomic E-state index is 0.0739. The number of aliphatic hydroxyl groups is 1. The molecular formula is C28H34F3N3O4. The molecule has 0 saturated heterocycles. The third-order valence-corrected chi connectivity index (χ3v) is 6.39. The van der Waals surface area contributed by atoms with Gasteiger partial charge in [-0.1, -0.05) is 30.3 Å². The number of alkyl halides is 3. The van der Waals surface area contributed by atoms with Gasteiger partial charge < -0.3 is 24.6 Å². The number of halogens is 3. The van der Waals surface area contributed by atoms with Crippen LogP contribution in [0.1, 0.15) is 24.0 Å². The van der Waals surface area contributed by atoms with Crippen molar-refractivity contribution in [3.05, 3.63) is 53.6 Å². The van der Waals surface area contributed by atoms with Crippen LogP contribution >= 0.6 is 0 Å². The van der Waals surface area contributed by atoms with E-state index in [-0.39, 0.29) is 32.8 Å². The summed E-state index contributed by atoms with van der Waals surface area (Å²) in [5.41, 5.74) is 3.62. The highest BCUT2D eigenvalue weighted by atomic mass is 19.1. The number of hydrogen-bond donors (Lipinski definition) is 2. The average Bonchev–Trinajstić information content (AvgIpc) is 3.27. The first kappa shape index (κ1) is 27.9. The molecule has 0 unspecified atom stereocenters. The Balaban J connectivity index is 1.98. The van der Waals surface area contributed by atoms with Crippen LogP contribution in [0.25, 0.3) is 10.9 Å². The van der Waals surface area contributed by atoms with Crippen LogP contribution in [-0.2, 0) is 15.9 Å². The molecule has 3 aromatic rings. The fourth-order valence-corrected chi connectivity index (χ4v) is 4.82. The van der Waals surface area contributed by atoms with Gasteiger partial charge in [0.1, 0.15) is 43.7 Å². The van der Waals surface area contributed by atoms with Gasteiger partial charge in [-0.05, 0) is 37.5 Å². The summed E-state index contributed by atoms with van der Waals surface area (Å²) in [7, 11) is 0. The van der Waals surface area contributed by atoms with E-state index in [1.54, 1.807) is 12.1 Å². The van der Waals surface area contributed by atoms with Crippen molar-refractivity contribution in [3.8, 4) is 5.75 Å². The summed E-state index contributed by atoms with van der Waals surface area (Å²) in [4.78, 5) is 6.72. The highest BCUT2D eigenvalue weighted by molar-refractivity contribution is 6.02. The van der Waals surface area contributed by atoms with E-state index in [1.165, 1.54) is 0 Å². The highest BCUT2D eigenvalue weighted by Crippen LogP contribution is 2.52. The van der Waals surface area contributed by atoms with Crippen molar-refractivity contribution in [1.82, 2.24) is 4.98 Å². The molecule has 7 nitrogen and oxygen atoms in total. The number of fused-ring (bicyclic) bond motifs is 3. The topological polar surface area (TPSA) is 76.1 Å². The predicted octanol–water partition coefficient (Wildman–Crippen LogP) is 5.40. The molecule has 0 saturated carbocycles. The number of anilines is 3. The van der Waals surface area contributed by atoms with Crippen molar-refractivity contribution >= 4 is 28.1 Å². The van der Waals surface area contributed by atoms with Gasteiger partial charge in [-0.3, -0.25) is 4.90 Å². The Kier molecular flexibility index (Phi) is 9.65. The van der Waals surface area contributed by atoms with Crippen molar-refractivity contribution in [2.24, 2.45) is 0 Å². The number of aliphatic hydroxyl groups excluding tert-OH is 1. The molecule has 0 spiro atoms. The van der Waals surface area contributed by atoms with Crippen LogP contribution in [-0.4, -0.2) is 69.0 Å². The standard InChI is InChI=1S/C28H34F3N3O4/c1-20-7-2-3-9-23(20)34-26-21-8-6-10-24(36-16-11-29)25(21)33-27(32-14-4-5-15-35)22(26)19-28(34,37-17-12-30)38-18-13-31/h2-3,6-10,35H,4-5,11-19H2,1H3,(H,32,33). The average molecular weight is 534 g/mol. The fourth-order valence-electron chi connectivity index (χ4n) is 4.82. The van der Waals surface area contributed by atoms with Crippen LogP contribution < -0.4 is 15.0 Å². The lowest BCUT2D eigenvalue weighted by atomic mass is 10.1. The third-order valence-electron chi connectivity index (χ3n) is 6.39. The number of para-hydroxylation sites is 2. The Bertz CT molecular complexity index is 1210. The van der Waals surface area contributed by atoms with Crippen molar-refractivity contribution in [2.45, 2.75) is 32.1 Å². The molecule has 0 fully saturated rings. The number of hydrogen-bond acceptors (Lipinski definition) is 7. The van der Waals surface area contributed by atoms with Gasteiger partial charge in [-0.15, -0.1) is 0 Å². The van der Waals surface area contributed by atoms with Crippen LogP contribution in [0.4, 0.5) is 30.4 Å². The Labute approximate surface area is 220 Å². The smallest absolute Gasteiger partial charge is 0.260 e. The van der Waals surface area contributed by atoms with E-state index in [2.05, 4.69) is 5.32 Å². The minimum atomic E-state index is -1.53. The third kappa shape index (κ3) is 5.67. The molecular weight excluding hydrogens is 499 g/mol. The number of pyridine rings is 1. The van der Waals surface area contributed by atoms with Gasteiger partial charge in [0, 0.05) is 29.8 Å². The maximum absolute atomic E-state index is 13.5. The monoisotopic (exact) mass is 533 g/mol. The molecule has 2 N–H and O–H groups in total. The Hall–Kier alpha value is -3.08. The molecule has 4 rings (SSSR count). The quantitative estimate of drug-likeness (QED) is 0.200. The molecule has 0 amide bonds. The summed E-state index contributed by atoms with van der Waals surface area (Å²) in [6.45, 7) is -0.220. The van der Waals surface area contributed by atoms with Crippen molar-refractivity contribution in [1.29, 1.82) is 0 Å². The van der Waals surface area contributed by atoms with Gasteiger partial charge in [0.15, 0.2) is 0 Å². The van der Waals surface area contributed by atoms with Gasteiger partial charge in [0.25, 0.3) is 5.91 Å². The SMILES string of the molecule is Cc1ccccc1N1c2c(c(NCCCCO)nc3c(OCCF)cccc23)CC1(OCCF)OCCF. The normalized spacial score (nSPS) is 14.2. The molecule has 1 aliphatic heterocycles. The number of nitrogens with zero attached hydrogens (tertiary/aromatic N) is 2. The van der Waals surface area contributed by atoms with Gasteiger partial charge >= 0.3 is 0 Å². The second-order valence-corrected chi connectivity index (χ2v) is 8.92. The maximum atomic E-state index is 13.5. The molecule has 0 aliphatic carbocycles. The summed E-state index contributed by atoms with van der Waals surface area (Å²) in [6.07, 6.45) is 1.47. The van der Waals surface area contributed by atoms with Crippen LogP contribution in [0.15, 0.2) is 42.5 Å². The van der Waals surface area contributed by atoms with Crippen LogP contribution in [0.5, 0.6) is 5.75 Å². The van der Waals surface area contributed by atoms with Crippen LogP contribution in [0.2, 0.25) is 0 Å². The van der Waals surface area contributed by atoms with E-state index in [9.17, 15) is 18.3 Å². The summed E-state index contributed by atoms with van der Waals surface area (Å²) in [6, 6.07) is 13.0. The lowest BCUT2D eigenvalue weighted by molar-refractivity contribution is -0.229. The largest absolute Gasteiger partial charge is 0.489 e. The first-order valence-electron chi connectivity index (χ1n) is 12.8. The van der Waals surface area contributed by atoms with E-state index >= 15 is 0 Å². The predicted molar refractivity (Wildman–Crippen MR) is 142 cm³/mol. The van der Waals surface area contributed by atoms with Crippen molar-refractivity contribution in [3.63, 3.8) is 0 Å². The Morgan fingerprint density at radius 3 is 2.39 bits per heavy atom. The van der Waals surface area contributed by atoms with E-state index < -0.39 is 25.9 Å². The molecule has 0 atom stereocenters. The zero-order chi connectivity index (χ0) is 27.0. The van der Waals surface area contributed by atoms with Crippen LogP contribution in [0, 0.1) is 6.92 Å². The molecule has 2 aromatic carbocycles. The molecule has 0 radical (unpaired) electrons. The Morgan fingerprint density at radius 2 is 1.71 bits per heavy atom. The van der Waals surface area contributed by atoms with E-state index in [0.29, 0.717) is 47.5 Å². The maximum Gasteiger partial charge on any atom is 0.260 e. The zero-order valence-electron chi connectivity index (χ0n) is 21.5. The lowest BCUT2D eigenvalue weighted by Gasteiger charge is -2.40. The molecule has 0 bridgehead atoms. The number of ether oxygens (including phenoxy) is 3. The highest BCUT2D eigenvalue weighted by Gasteiger charge is 2.50. The summed E-state index contributed by atoms with van der Waals surface area (Å²) < 4.78 is 57.8. The second kappa shape index (κ2) is 13.1. The molecule has 206 valence electrons.